The largest absolute Gasteiger partial charge is 0.506 e. The molecule has 0 radical (unpaired) electrons. The summed E-state index contributed by atoms with van der Waals surface area (Å²) in [6.45, 7) is 0. The number of Topliss-reactive ketones (excluding diaryl/α,β-unsaturated/α-hetero) is 3. The summed E-state index contributed by atoms with van der Waals surface area (Å²) < 4.78 is 0. The number of nitrogens with two attached hydrogens (primary N) is 1. The van der Waals surface area contributed by atoms with Crippen LogP contribution in [0.25, 0.3) is 0 Å². The molecule has 0 bridgehead atoms. The molecule has 1 aromatic rings. The average Bonchev–Trinajstić information content (AvgIpc) is 3.39. The first kappa shape index (κ1) is 28.0. The maximum atomic E-state index is 14.1. The molecule has 0 spiro atoms. The molecule has 7 atom stereocenters. The maximum absolute atomic E-state index is 14.1. The number of allylic oxidation sites excluding steroid dienone is 2. The van der Waals surface area contributed by atoms with E-state index in [1.807, 2.05) is 25.1 Å². The minimum atomic E-state index is -2.69. The van der Waals surface area contributed by atoms with Crippen LogP contribution in [0.1, 0.15) is 47.2 Å². The first-order valence-corrected chi connectivity index (χ1v) is 13.6. The van der Waals surface area contributed by atoms with Gasteiger partial charge in [0, 0.05) is 31.7 Å². The Hall–Kier alpha value is -3.52. The van der Waals surface area contributed by atoms with Crippen LogP contribution in [0.5, 0.6) is 5.75 Å². The fourth-order valence-corrected chi connectivity index (χ4v) is 7.30. The first-order chi connectivity index (χ1) is 18.8. The fraction of sp³-hybridized carbons (Fsp3) is 0.533. The predicted molar refractivity (Wildman–Crippen MR) is 145 cm³/mol. The molecule has 2 fully saturated rings. The van der Waals surface area contributed by atoms with E-state index in [1.165, 1.54) is 0 Å². The van der Waals surface area contributed by atoms with Gasteiger partial charge in [0.15, 0.2) is 23.0 Å². The summed E-state index contributed by atoms with van der Waals surface area (Å²) in [7, 11) is 6.86. The summed E-state index contributed by atoms with van der Waals surface area (Å²) >= 11 is 0. The van der Waals surface area contributed by atoms with Gasteiger partial charge in [0.05, 0.1) is 23.1 Å². The van der Waals surface area contributed by atoms with Gasteiger partial charge in [-0.3, -0.25) is 19.2 Å². The van der Waals surface area contributed by atoms with Crippen molar-refractivity contribution in [3.8, 4) is 17.6 Å². The molecule has 4 aliphatic rings. The van der Waals surface area contributed by atoms with E-state index in [9.17, 15) is 34.5 Å². The number of carbonyl (C=O) groups excluding carboxylic acids is 4. The number of amides is 1. The first-order valence-electron chi connectivity index (χ1n) is 13.6. The molecule has 5 rings (SSSR count). The zero-order valence-electron chi connectivity index (χ0n) is 23.1. The molecule has 40 heavy (non-hydrogen) atoms. The monoisotopic (exact) mass is 549 g/mol. The topological polar surface area (TPSA) is 161 Å². The van der Waals surface area contributed by atoms with Crippen molar-refractivity contribution >= 4 is 28.9 Å². The Morgan fingerprint density at radius 3 is 2.40 bits per heavy atom. The number of phenolic OH excluding ortho intramolecular Hbond substituents is 1. The number of phenols is 1. The van der Waals surface area contributed by atoms with Gasteiger partial charge in [0.2, 0.25) is 5.91 Å². The molecular formula is C30H35N3O7. The lowest BCUT2D eigenvalue weighted by atomic mass is 9.52. The van der Waals surface area contributed by atoms with Crippen LogP contribution in [0.2, 0.25) is 0 Å². The van der Waals surface area contributed by atoms with Crippen molar-refractivity contribution in [2.75, 3.05) is 33.1 Å². The molecule has 0 aromatic heterocycles. The maximum Gasteiger partial charge on any atom is 0.230 e. The highest BCUT2D eigenvalue weighted by Gasteiger charge is 2.69. The third kappa shape index (κ3) is 3.99. The molecule has 1 aromatic carbocycles. The number of benzene rings is 1. The number of likely N-dealkylation sites (N-methyl/N-ethyl adjacent to an activating group) is 1. The number of carbonyl (C=O) groups is 4. The Labute approximate surface area is 232 Å². The predicted octanol–water partition coefficient (Wildman–Crippen LogP) is 0.187. The van der Waals surface area contributed by atoms with Gasteiger partial charge in [-0.05, 0) is 69.3 Å². The van der Waals surface area contributed by atoms with E-state index in [4.69, 9.17) is 5.73 Å². The number of primary amides is 1. The Bertz CT molecular complexity index is 1420. The van der Waals surface area contributed by atoms with Crippen LogP contribution < -0.4 is 10.6 Å². The number of hydrogen-bond acceptors (Lipinski definition) is 9. The number of rotatable bonds is 3. The van der Waals surface area contributed by atoms with Gasteiger partial charge >= 0.3 is 0 Å². The molecule has 0 aliphatic heterocycles. The summed E-state index contributed by atoms with van der Waals surface area (Å²) in [6.07, 6.45) is 3.61. The molecular weight excluding hydrogens is 514 g/mol. The van der Waals surface area contributed by atoms with E-state index in [1.54, 1.807) is 25.1 Å². The Morgan fingerprint density at radius 2 is 1.82 bits per heavy atom. The SMILES string of the molecule is CN(C)c1cc(C#CC2=CCCC2)c(O)c2c1C[C@@H]1C[C@@H]3[C@@H](N(C)C)C(O)C(C(N)=O)C(=O)[C@]3(O)C(=O)C1C2=O. The number of fused-ring (bicyclic) bond motifs is 3. The Morgan fingerprint density at radius 1 is 1.12 bits per heavy atom. The van der Waals surface area contributed by atoms with Crippen molar-refractivity contribution in [2.45, 2.75) is 49.9 Å². The lowest BCUT2D eigenvalue weighted by molar-refractivity contribution is -0.190. The molecule has 1 amide bonds. The van der Waals surface area contributed by atoms with Gasteiger partial charge < -0.3 is 30.9 Å². The van der Waals surface area contributed by atoms with E-state index >= 15 is 0 Å². The number of hydrogen-bond donors (Lipinski definition) is 4. The average molecular weight is 550 g/mol. The highest BCUT2D eigenvalue weighted by molar-refractivity contribution is 6.25. The Kier molecular flexibility index (Phi) is 6.89. The van der Waals surface area contributed by atoms with Gasteiger partial charge in [-0.1, -0.05) is 17.9 Å². The van der Waals surface area contributed by atoms with E-state index in [0.29, 0.717) is 11.3 Å². The van der Waals surface area contributed by atoms with Crippen molar-refractivity contribution in [3.63, 3.8) is 0 Å². The van der Waals surface area contributed by atoms with Crippen LogP contribution in [-0.4, -0.2) is 89.4 Å². The second kappa shape index (κ2) is 9.84. The number of nitrogens with zero attached hydrogens (tertiary/aromatic N) is 2. The molecule has 212 valence electrons. The minimum Gasteiger partial charge on any atom is -0.506 e. The zero-order chi connectivity index (χ0) is 29.3. The number of aromatic hydroxyl groups is 1. The van der Waals surface area contributed by atoms with Gasteiger partial charge in [-0.2, -0.15) is 0 Å². The second-order valence-corrected chi connectivity index (χ2v) is 11.9. The Balaban J connectivity index is 1.64. The van der Waals surface area contributed by atoms with Crippen LogP contribution in [0.15, 0.2) is 17.7 Å². The van der Waals surface area contributed by atoms with E-state index < -0.39 is 64.7 Å². The fourth-order valence-electron chi connectivity index (χ4n) is 7.30. The smallest absolute Gasteiger partial charge is 0.230 e. The minimum absolute atomic E-state index is 0.0357. The van der Waals surface area contributed by atoms with Crippen molar-refractivity contribution in [2.24, 2.45) is 29.4 Å². The molecule has 0 saturated heterocycles. The highest BCUT2D eigenvalue weighted by Crippen LogP contribution is 2.52. The van der Waals surface area contributed by atoms with Crippen molar-refractivity contribution in [1.82, 2.24) is 4.90 Å². The van der Waals surface area contributed by atoms with Gasteiger partial charge in [-0.25, -0.2) is 0 Å². The van der Waals surface area contributed by atoms with Gasteiger partial charge in [0.25, 0.3) is 0 Å². The lowest BCUT2D eigenvalue weighted by Crippen LogP contribution is -2.75. The number of aliphatic hydroxyl groups is 2. The summed E-state index contributed by atoms with van der Waals surface area (Å²) in [5, 5.41) is 34.0. The van der Waals surface area contributed by atoms with Crippen LogP contribution >= 0.6 is 0 Å². The van der Waals surface area contributed by atoms with Crippen molar-refractivity contribution in [3.05, 3.63) is 34.4 Å². The van der Waals surface area contributed by atoms with Crippen molar-refractivity contribution < 1.29 is 34.5 Å². The zero-order valence-corrected chi connectivity index (χ0v) is 23.1. The van der Waals surface area contributed by atoms with E-state index in [-0.39, 0.29) is 29.7 Å². The van der Waals surface area contributed by atoms with E-state index in [0.717, 1.165) is 24.8 Å². The normalized spacial score (nSPS) is 33.0. The quantitative estimate of drug-likeness (QED) is 0.305. The van der Waals surface area contributed by atoms with Crippen LogP contribution in [-0.2, 0) is 20.8 Å². The molecule has 10 heteroatoms. The lowest BCUT2D eigenvalue weighted by Gasteiger charge is -2.55. The molecule has 5 N–H and O–H groups in total. The molecule has 0 heterocycles. The highest BCUT2D eigenvalue weighted by atomic mass is 16.3. The van der Waals surface area contributed by atoms with E-state index in [2.05, 4.69) is 11.8 Å². The standard InChI is InChI=1S/C30H35N3O7/c1-32(2)19-13-15(10-9-14-7-5-6-8-14)24(34)21-17(19)11-16-12-18-23(33(3)4)26(36)22(29(31)39)28(38)30(18,40)27(37)20(16)25(21)35/h7,13,16,18,20,22-23,26,34,36,40H,5-6,8,11-12H2,1-4H3,(H2,31,39)/t16-,18-,20?,22?,23-,26?,30-/m1/s1. The number of anilines is 1. The molecule has 2 saturated carbocycles. The van der Waals surface area contributed by atoms with Gasteiger partial charge in [-0.15, -0.1) is 0 Å². The summed E-state index contributed by atoms with van der Waals surface area (Å²) in [5.74, 6) is -3.19. The van der Waals surface area contributed by atoms with Crippen LogP contribution in [0.4, 0.5) is 5.69 Å². The van der Waals surface area contributed by atoms with Crippen LogP contribution in [0.3, 0.4) is 0 Å². The van der Waals surface area contributed by atoms with Crippen LogP contribution in [0, 0.1) is 35.5 Å². The summed E-state index contributed by atoms with van der Waals surface area (Å²) in [4.78, 5) is 57.1. The molecule has 10 nitrogen and oxygen atoms in total. The number of aliphatic hydroxyl groups excluding tert-OH is 1. The molecule has 4 aliphatic carbocycles. The summed E-state index contributed by atoms with van der Waals surface area (Å²) in [5.41, 5.74) is 5.16. The second-order valence-electron chi connectivity index (χ2n) is 11.9. The van der Waals surface area contributed by atoms with Crippen molar-refractivity contribution in [1.29, 1.82) is 0 Å². The van der Waals surface area contributed by atoms with Gasteiger partial charge in [0.1, 0.15) is 11.7 Å². The third-order valence-corrected chi connectivity index (χ3v) is 9.15. The number of ketones is 3. The third-order valence-electron chi connectivity index (χ3n) is 9.15. The summed E-state index contributed by atoms with van der Waals surface area (Å²) in [6, 6.07) is 0.796. The molecule has 3 unspecified atom stereocenters.